The number of aryl methyl sites for hydroxylation is 1. The average Bonchev–Trinajstić information content (AvgIpc) is 3.50. The Morgan fingerprint density at radius 3 is 2.61 bits per heavy atom. The first-order chi connectivity index (χ1) is 16.1. The lowest BCUT2D eigenvalue weighted by molar-refractivity contribution is 0.142. The van der Waals surface area contributed by atoms with Gasteiger partial charge in [0.25, 0.3) is 5.56 Å². The summed E-state index contributed by atoms with van der Waals surface area (Å²) in [6.45, 7) is 5.40. The van der Waals surface area contributed by atoms with Gasteiger partial charge in [0, 0.05) is 44.5 Å². The molecule has 5 rings (SSSR count). The Kier molecular flexibility index (Phi) is 6.21. The molecule has 1 N–H and O–H groups in total. The van der Waals surface area contributed by atoms with Crippen LogP contribution in [-0.2, 0) is 13.0 Å². The average molecular weight is 481 g/mol. The number of aromatic nitrogens is 3. The molecule has 0 aliphatic carbocycles. The molecule has 4 aromatic rings. The van der Waals surface area contributed by atoms with E-state index in [4.69, 9.17) is 0 Å². The Bertz CT molecular complexity index is 1310. The summed E-state index contributed by atoms with van der Waals surface area (Å²) >= 11 is 3.02. The lowest BCUT2D eigenvalue weighted by Gasteiger charge is -2.34. The van der Waals surface area contributed by atoms with Gasteiger partial charge in [-0.15, -0.1) is 11.3 Å². The number of carbonyl (C=O) groups excluding carboxylic acids is 1. The van der Waals surface area contributed by atoms with Crippen molar-refractivity contribution < 1.29 is 4.79 Å². The zero-order valence-corrected chi connectivity index (χ0v) is 19.9. The molecule has 0 radical (unpaired) electrons. The van der Waals surface area contributed by atoms with E-state index in [1.807, 2.05) is 46.7 Å². The van der Waals surface area contributed by atoms with Crippen molar-refractivity contribution in [3.63, 3.8) is 0 Å². The summed E-state index contributed by atoms with van der Waals surface area (Å²) in [6.07, 6.45) is 0.975. The molecule has 1 aliphatic rings. The molecule has 33 heavy (non-hydrogen) atoms. The third kappa shape index (κ3) is 4.82. The number of nitrogens with zero attached hydrogens (tertiary/aromatic N) is 5. The summed E-state index contributed by atoms with van der Waals surface area (Å²) in [5.41, 5.74) is 2.62. The van der Waals surface area contributed by atoms with Gasteiger partial charge in [-0.05, 0) is 35.6 Å². The molecule has 8 nitrogen and oxygen atoms in total. The van der Waals surface area contributed by atoms with E-state index in [2.05, 4.69) is 27.2 Å². The number of rotatable bonds is 5. The van der Waals surface area contributed by atoms with E-state index in [-0.39, 0.29) is 11.6 Å². The van der Waals surface area contributed by atoms with Crippen LogP contribution in [0.1, 0.15) is 18.2 Å². The number of hydrogen-bond donors (Lipinski definition) is 1. The number of anilines is 1. The van der Waals surface area contributed by atoms with E-state index in [0.29, 0.717) is 24.6 Å². The fourth-order valence-electron chi connectivity index (χ4n) is 3.80. The van der Waals surface area contributed by atoms with Gasteiger partial charge < -0.3 is 10.2 Å². The Balaban J connectivity index is 1.20. The highest BCUT2D eigenvalue weighted by Gasteiger charge is 2.22. The first-order valence-corrected chi connectivity index (χ1v) is 12.6. The number of piperazine rings is 1. The number of fused-ring (bicyclic) bond motifs is 1. The van der Waals surface area contributed by atoms with Crippen LogP contribution < -0.4 is 10.9 Å². The first-order valence-electron chi connectivity index (χ1n) is 10.9. The molecule has 0 atom stereocenters. The number of hydrogen-bond acceptors (Lipinski definition) is 7. The van der Waals surface area contributed by atoms with Crippen LogP contribution in [0.5, 0.6) is 0 Å². The predicted octanol–water partition coefficient (Wildman–Crippen LogP) is 3.79. The number of benzene rings is 1. The third-order valence-electron chi connectivity index (χ3n) is 5.69. The van der Waals surface area contributed by atoms with Crippen molar-refractivity contribution in [3.05, 3.63) is 69.5 Å². The van der Waals surface area contributed by atoms with Crippen molar-refractivity contribution in [3.8, 4) is 9.88 Å². The van der Waals surface area contributed by atoms with Gasteiger partial charge in [-0.3, -0.25) is 9.69 Å². The smallest absolute Gasteiger partial charge is 0.321 e. The Morgan fingerprint density at radius 2 is 1.91 bits per heavy atom. The maximum Gasteiger partial charge on any atom is 0.321 e. The minimum atomic E-state index is -0.166. The Hall–Kier alpha value is -3.08. The maximum absolute atomic E-state index is 12.6. The van der Waals surface area contributed by atoms with Crippen LogP contribution in [0.25, 0.3) is 14.8 Å². The number of amides is 2. The number of nitrogens with one attached hydrogen (secondary N) is 1. The second-order valence-electron chi connectivity index (χ2n) is 7.91. The van der Waals surface area contributed by atoms with Crippen molar-refractivity contribution in [1.82, 2.24) is 24.4 Å². The summed E-state index contributed by atoms with van der Waals surface area (Å²) in [5, 5.41) is 10.2. The number of urea groups is 1. The molecule has 170 valence electrons. The van der Waals surface area contributed by atoms with Crippen LogP contribution in [0, 0.1) is 0 Å². The highest BCUT2D eigenvalue weighted by molar-refractivity contribution is 7.23. The van der Waals surface area contributed by atoms with Crippen LogP contribution in [-0.4, -0.2) is 56.6 Å². The molecule has 0 bridgehead atoms. The van der Waals surface area contributed by atoms with Crippen molar-refractivity contribution in [1.29, 1.82) is 0 Å². The van der Waals surface area contributed by atoms with Gasteiger partial charge in [0.15, 0.2) is 5.01 Å². The molecule has 1 fully saturated rings. The van der Waals surface area contributed by atoms with Crippen LogP contribution in [0.15, 0.2) is 52.6 Å². The third-order valence-corrected chi connectivity index (χ3v) is 7.64. The summed E-state index contributed by atoms with van der Waals surface area (Å²) in [7, 11) is 0. The molecule has 10 heteroatoms. The van der Waals surface area contributed by atoms with Gasteiger partial charge in [0.2, 0.25) is 4.96 Å². The normalized spacial score (nSPS) is 14.6. The largest absolute Gasteiger partial charge is 0.322 e. The van der Waals surface area contributed by atoms with Crippen molar-refractivity contribution >= 4 is 39.4 Å². The Labute approximate surface area is 199 Å². The van der Waals surface area contributed by atoms with Crippen LogP contribution >= 0.6 is 22.7 Å². The molecule has 0 saturated carbocycles. The van der Waals surface area contributed by atoms with E-state index in [1.165, 1.54) is 21.4 Å². The fourth-order valence-corrected chi connectivity index (χ4v) is 5.52. The lowest BCUT2D eigenvalue weighted by Crippen LogP contribution is -2.49. The van der Waals surface area contributed by atoms with Crippen LogP contribution in [0.3, 0.4) is 0 Å². The molecule has 3 aromatic heterocycles. The van der Waals surface area contributed by atoms with Crippen LogP contribution in [0.2, 0.25) is 0 Å². The quantitative estimate of drug-likeness (QED) is 0.470. The molecule has 0 spiro atoms. The molecule has 2 amide bonds. The topological polar surface area (TPSA) is 82.8 Å². The fraction of sp³-hybridized carbons (Fsp3) is 0.304. The zero-order valence-electron chi connectivity index (χ0n) is 18.2. The van der Waals surface area contributed by atoms with E-state index in [9.17, 15) is 9.59 Å². The van der Waals surface area contributed by atoms with Crippen molar-refractivity contribution in [2.45, 2.75) is 19.9 Å². The molecule has 1 aromatic carbocycles. The van der Waals surface area contributed by atoms with Gasteiger partial charge in [-0.25, -0.2) is 9.78 Å². The number of thiophene rings is 1. The lowest BCUT2D eigenvalue weighted by atomic mass is 10.1. The Morgan fingerprint density at radius 1 is 1.12 bits per heavy atom. The molecular weight excluding hydrogens is 456 g/mol. The summed E-state index contributed by atoms with van der Waals surface area (Å²) in [6, 6.07) is 13.4. The minimum absolute atomic E-state index is 0.0811. The molecule has 4 heterocycles. The van der Waals surface area contributed by atoms with E-state index in [0.717, 1.165) is 40.8 Å². The maximum atomic E-state index is 12.6. The standard InChI is InChI=1S/C23H24N6O2S2/c1-2-16-5-7-17(8-6-16)24-22(31)28-11-9-27(10-12-28)15-18-14-20(30)29-23(25-18)33-21(26-29)19-4-3-13-32-19/h3-8,13-14H,2,9-12,15H2,1H3,(H,24,31). The summed E-state index contributed by atoms with van der Waals surface area (Å²) < 4.78 is 1.37. The predicted molar refractivity (Wildman–Crippen MR) is 132 cm³/mol. The van der Waals surface area contributed by atoms with Gasteiger partial charge in [0.05, 0.1) is 10.6 Å². The molecular formula is C23H24N6O2S2. The molecule has 1 saturated heterocycles. The van der Waals surface area contributed by atoms with E-state index < -0.39 is 0 Å². The first kappa shape index (κ1) is 21.7. The van der Waals surface area contributed by atoms with E-state index >= 15 is 0 Å². The highest BCUT2D eigenvalue weighted by Crippen LogP contribution is 2.28. The van der Waals surface area contributed by atoms with Crippen LogP contribution in [0.4, 0.5) is 10.5 Å². The SMILES string of the molecule is CCc1ccc(NC(=O)N2CCN(Cc3cc(=O)n4nc(-c5cccs5)sc4n3)CC2)cc1. The summed E-state index contributed by atoms with van der Waals surface area (Å²) in [4.78, 5) is 35.5. The zero-order chi connectivity index (χ0) is 22.8. The second kappa shape index (κ2) is 9.42. The number of carbonyl (C=O) groups is 1. The molecule has 1 aliphatic heterocycles. The summed E-state index contributed by atoms with van der Waals surface area (Å²) in [5.74, 6) is 0. The van der Waals surface area contributed by atoms with Crippen molar-refractivity contribution in [2.75, 3.05) is 31.5 Å². The van der Waals surface area contributed by atoms with E-state index in [1.54, 1.807) is 17.4 Å². The van der Waals surface area contributed by atoms with Crippen molar-refractivity contribution in [2.24, 2.45) is 0 Å². The van der Waals surface area contributed by atoms with Gasteiger partial charge in [-0.1, -0.05) is 36.5 Å². The van der Waals surface area contributed by atoms with Gasteiger partial charge >= 0.3 is 6.03 Å². The monoisotopic (exact) mass is 480 g/mol. The second-order valence-corrected chi connectivity index (χ2v) is 9.81. The van der Waals surface area contributed by atoms with Gasteiger partial charge in [-0.2, -0.15) is 9.61 Å². The minimum Gasteiger partial charge on any atom is -0.322 e. The van der Waals surface area contributed by atoms with Gasteiger partial charge in [0.1, 0.15) is 0 Å². The highest BCUT2D eigenvalue weighted by atomic mass is 32.1. The molecule has 0 unspecified atom stereocenters.